The minimum absolute atomic E-state index is 0.146. The van der Waals surface area contributed by atoms with Crippen molar-refractivity contribution in [2.75, 3.05) is 19.8 Å². The van der Waals surface area contributed by atoms with Gasteiger partial charge in [0.25, 0.3) is 0 Å². The molecule has 12 heavy (non-hydrogen) atoms. The second-order valence-electron chi connectivity index (χ2n) is 3.50. The van der Waals surface area contributed by atoms with Crippen LogP contribution in [0.2, 0.25) is 0 Å². The van der Waals surface area contributed by atoms with E-state index in [0.29, 0.717) is 5.92 Å². The predicted molar refractivity (Wildman–Crippen MR) is 49.7 cm³/mol. The van der Waals surface area contributed by atoms with Gasteiger partial charge in [0.1, 0.15) is 0 Å². The Balaban J connectivity index is 2.30. The number of allylic oxidation sites excluding steroid dienone is 1. The molecule has 0 unspecified atom stereocenters. The van der Waals surface area contributed by atoms with Gasteiger partial charge in [-0.15, -0.1) is 0 Å². The lowest BCUT2D eigenvalue weighted by Crippen LogP contribution is -2.33. The number of hydrogen-bond donors (Lipinski definition) is 0. The van der Waals surface area contributed by atoms with Crippen molar-refractivity contribution in [3.05, 3.63) is 12.3 Å². The van der Waals surface area contributed by atoms with Crippen LogP contribution in [0.1, 0.15) is 26.2 Å². The number of nitrogens with zero attached hydrogens (tertiary/aromatic N) is 1. The molecule has 1 rings (SSSR count). The number of likely N-dealkylation sites (tertiary alicyclic amines) is 1. The summed E-state index contributed by atoms with van der Waals surface area (Å²) in [6, 6.07) is 0. The van der Waals surface area contributed by atoms with Crippen molar-refractivity contribution in [1.29, 1.82) is 0 Å². The molecule has 70 valence electrons. The molecule has 0 aromatic heterocycles. The maximum absolute atomic E-state index is 12.2. The van der Waals surface area contributed by atoms with Crippen molar-refractivity contribution in [3.8, 4) is 0 Å². The van der Waals surface area contributed by atoms with Gasteiger partial charge in [0.2, 0.25) is 0 Å². The van der Waals surface area contributed by atoms with Gasteiger partial charge in [-0.3, -0.25) is 4.39 Å². The van der Waals surface area contributed by atoms with Crippen LogP contribution in [0.15, 0.2) is 12.3 Å². The molecule has 1 aliphatic rings. The van der Waals surface area contributed by atoms with E-state index < -0.39 is 0 Å². The molecular formula is C10H18FN. The highest BCUT2D eigenvalue weighted by atomic mass is 19.1. The van der Waals surface area contributed by atoms with Gasteiger partial charge in [-0.1, -0.05) is 13.5 Å². The van der Waals surface area contributed by atoms with Gasteiger partial charge < -0.3 is 4.90 Å². The van der Waals surface area contributed by atoms with Gasteiger partial charge in [-0.25, -0.2) is 0 Å². The Bertz CT molecular complexity index is 148. The molecule has 0 aliphatic carbocycles. The Hall–Kier alpha value is -0.530. The van der Waals surface area contributed by atoms with E-state index in [1.54, 1.807) is 0 Å². The first kappa shape index (κ1) is 9.56. The summed E-state index contributed by atoms with van der Waals surface area (Å²) in [7, 11) is 0. The van der Waals surface area contributed by atoms with E-state index in [-0.39, 0.29) is 6.67 Å². The topological polar surface area (TPSA) is 3.24 Å². The van der Waals surface area contributed by atoms with E-state index in [2.05, 4.69) is 18.4 Å². The number of hydrogen-bond acceptors (Lipinski definition) is 1. The van der Waals surface area contributed by atoms with E-state index in [0.717, 1.165) is 32.4 Å². The van der Waals surface area contributed by atoms with Crippen LogP contribution in [0.25, 0.3) is 0 Å². The Labute approximate surface area is 74.3 Å². The van der Waals surface area contributed by atoms with E-state index >= 15 is 0 Å². The molecule has 1 aliphatic heterocycles. The Morgan fingerprint density at radius 3 is 2.50 bits per heavy atom. The first-order valence-electron chi connectivity index (χ1n) is 4.76. The van der Waals surface area contributed by atoms with Crippen molar-refractivity contribution in [2.24, 2.45) is 5.92 Å². The van der Waals surface area contributed by atoms with E-state index in [1.807, 2.05) is 0 Å². The minimum Gasteiger partial charge on any atom is -0.375 e. The Kier molecular flexibility index (Phi) is 3.57. The second kappa shape index (κ2) is 4.48. The molecule has 1 nitrogen and oxygen atoms in total. The van der Waals surface area contributed by atoms with Gasteiger partial charge in [-0.2, -0.15) is 0 Å². The van der Waals surface area contributed by atoms with Gasteiger partial charge in [0.15, 0.2) is 0 Å². The van der Waals surface area contributed by atoms with E-state index in [4.69, 9.17) is 0 Å². The summed E-state index contributed by atoms with van der Waals surface area (Å²) in [6.45, 7) is 7.95. The molecule has 0 spiro atoms. The summed E-state index contributed by atoms with van der Waals surface area (Å²) in [6.07, 6.45) is 3.01. The zero-order valence-corrected chi connectivity index (χ0v) is 7.85. The molecule has 0 bridgehead atoms. The third kappa shape index (κ3) is 2.23. The van der Waals surface area contributed by atoms with Crippen LogP contribution in [0, 0.1) is 5.92 Å². The zero-order valence-electron chi connectivity index (χ0n) is 7.85. The van der Waals surface area contributed by atoms with Gasteiger partial charge in [-0.05, 0) is 25.2 Å². The number of rotatable bonds is 3. The molecule has 0 atom stereocenters. The predicted octanol–water partition coefficient (Wildman–Crippen LogP) is 2.59. The quantitative estimate of drug-likeness (QED) is 0.631. The fourth-order valence-corrected chi connectivity index (χ4v) is 1.63. The van der Waals surface area contributed by atoms with Crippen molar-refractivity contribution in [3.63, 3.8) is 0 Å². The largest absolute Gasteiger partial charge is 0.375 e. The number of halogens is 1. The lowest BCUT2D eigenvalue weighted by Gasteiger charge is -2.33. The normalized spacial score (nSPS) is 19.7. The second-order valence-corrected chi connectivity index (χ2v) is 3.50. The minimum atomic E-state index is -0.146. The van der Waals surface area contributed by atoms with Crippen LogP contribution < -0.4 is 0 Å². The Morgan fingerprint density at radius 2 is 2.08 bits per heavy atom. The third-order valence-corrected chi connectivity index (χ3v) is 2.69. The molecule has 0 saturated carbocycles. The average molecular weight is 171 g/mol. The van der Waals surface area contributed by atoms with Gasteiger partial charge >= 0.3 is 0 Å². The third-order valence-electron chi connectivity index (χ3n) is 2.69. The van der Waals surface area contributed by atoms with Crippen LogP contribution in [-0.2, 0) is 0 Å². The zero-order chi connectivity index (χ0) is 8.97. The molecule has 0 radical (unpaired) electrons. The molecule has 0 aromatic carbocycles. The molecule has 2 heteroatoms. The first-order valence-corrected chi connectivity index (χ1v) is 4.76. The van der Waals surface area contributed by atoms with Crippen molar-refractivity contribution < 1.29 is 4.39 Å². The van der Waals surface area contributed by atoms with Crippen LogP contribution in [0.3, 0.4) is 0 Å². The summed E-state index contributed by atoms with van der Waals surface area (Å²) in [5.74, 6) is 0.311. The summed E-state index contributed by atoms with van der Waals surface area (Å²) < 4.78 is 12.2. The maximum atomic E-state index is 12.2. The van der Waals surface area contributed by atoms with Gasteiger partial charge in [0.05, 0.1) is 6.67 Å². The summed E-state index contributed by atoms with van der Waals surface area (Å²) in [4.78, 5) is 2.28. The van der Waals surface area contributed by atoms with Gasteiger partial charge in [0, 0.05) is 18.8 Å². The molecule has 0 amide bonds. The van der Waals surface area contributed by atoms with E-state index in [1.165, 1.54) is 5.70 Å². The highest BCUT2D eigenvalue weighted by Crippen LogP contribution is 2.20. The maximum Gasteiger partial charge on any atom is 0.0923 e. The average Bonchev–Trinajstić information content (AvgIpc) is 2.17. The van der Waals surface area contributed by atoms with Crippen molar-refractivity contribution in [1.82, 2.24) is 4.90 Å². The summed E-state index contributed by atoms with van der Waals surface area (Å²) in [5.41, 5.74) is 1.20. The van der Waals surface area contributed by atoms with Crippen molar-refractivity contribution >= 4 is 0 Å². The highest BCUT2D eigenvalue weighted by Gasteiger charge is 2.18. The fraction of sp³-hybridized carbons (Fsp3) is 0.800. The molecule has 0 aromatic rings. The van der Waals surface area contributed by atoms with Crippen LogP contribution >= 0.6 is 0 Å². The van der Waals surface area contributed by atoms with Crippen LogP contribution in [-0.4, -0.2) is 24.7 Å². The molecule has 1 heterocycles. The first-order chi connectivity index (χ1) is 5.77. The Morgan fingerprint density at radius 1 is 1.50 bits per heavy atom. The van der Waals surface area contributed by atoms with Crippen LogP contribution in [0.4, 0.5) is 4.39 Å². The lowest BCUT2D eigenvalue weighted by atomic mass is 9.98. The monoisotopic (exact) mass is 171 g/mol. The molecular weight excluding hydrogens is 153 g/mol. The van der Waals surface area contributed by atoms with E-state index in [9.17, 15) is 4.39 Å². The standard InChI is InChI=1S/C10H18FN/c1-3-9(2)12-6-4-10(8-11)5-7-12/h10H,2-8H2,1H3. The molecule has 1 fully saturated rings. The SMILES string of the molecule is C=C(CC)N1CCC(CF)CC1. The van der Waals surface area contributed by atoms with Crippen molar-refractivity contribution in [2.45, 2.75) is 26.2 Å². The number of piperidine rings is 1. The fourth-order valence-electron chi connectivity index (χ4n) is 1.63. The number of alkyl halides is 1. The molecule has 0 N–H and O–H groups in total. The highest BCUT2D eigenvalue weighted by molar-refractivity contribution is 4.94. The lowest BCUT2D eigenvalue weighted by molar-refractivity contribution is 0.196. The summed E-state index contributed by atoms with van der Waals surface area (Å²) in [5, 5.41) is 0. The smallest absolute Gasteiger partial charge is 0.0923 e. The summed E-state index contributed by atoms with van der Waals surface area (Å²) >= 11 is 0. The van der Waals surface area contributed by atoms with Crippen LogP contribution in [0.5, 0.6) is 0 Å². The molecule has 1 saturated heterocycles.